The van der Waals surface area contributed by atoms with Gasteiger partial charge < -0.3 is 4.74 Å². The maximum atomic E-state index is 10.7. The first-order chi connectivity index (χ1) is 10.3. The number of carbonyl (C=O) groups excluding carboxylic acids is 1. The molecule has 1 aliphatic rings. The summed E-state index contributed by atoms with van der Waals surface area (Å²) in [6.45, 7) is 3.78. The summed E-state index contributed by atoms with van der Waals surface area (Å²) < 4.78 is 5.25. The van der Waals surface area contributed by atoms with Gasteiger partial charge in [-0.25, -0.2) is 4.79 Å². The van der Waals surface area contributed by atoms with Gasteiger partial charge in [-0.15, -0.1) is 0 Å². The fraction of sp³-hybridized carbons (Fsp3) is 0.316. The first kappa shape index (κ1) is 13.9. The molecule has 3 rings (SSSR count). The van der Waals surface area contributed by atoms with E-state index in [9.17, 15) is 4.79 Å². The lowest BCUT2D eigenvalue weighted by atomic mass is 9.95. The monoisotopic (exact) mass is 279 g/mol. The molecule has 21 heavy (non-hydrogen) atoms. The minimum absolute atomic E-state index is 0.174. The van der Waals surface area contributed by atoms with Crippen LogP contribution in [0.5, 0.6) is 0 Å². The van der Waals surface area contributed by atoms with Crippen molar-refractivity contribution in [2.24, 2.45) is 0 Å². The van der Waals surface area contributed by atoms with Crippen molar-refractivity contribution >= 4 is 6.47 Å². The van der Waals surface area contributed by atoms with Crippen LogP contribution in [0, 0.1) is 0 Å². The average molecular weight is 279 g/mol. The second kappa shape index (κ2) is 6.13. The van der Waals surface area contributed by atoms with Crippen molar-refractivity contribution in [3.8, 4) is 11.1 Å². The minimum Gasteiger partial charge on any atom is -0.449 e. The van der Waals surface area contributed by atoms with Crippen molar-refractivity contribution in [2.45, 2.75) is 38.7 Å². The molecule has 0 bridgehead atoms. The maximum Gasteiger partial charge on any atom is 0.418 e. The van der Waals surface area contributed by atoms with Gasteiger partial charge in [0.2, 0.25) is 0 Å². The molecule has 1 aliphatic carbocycles. The Hall–Kier alpha value is -2.09. The molecule has 0 N–H and O–H groups in total. The summed E-state index contributed by atoms with van der Waals surface area (Å²) >= 11 is 0. The number of fused-ring (bicyclic) bond motifs is 3. The van der Waals surface area contributed by atoms with Crippen molar-refractivity contribution in [3.05, 3.63) is 59.2 Å². The van der Waals surface area contributed by atoms with Gasteiger partial charge in [-0.05, 0) is 47.1 Å². The molecule has 0 saturated carbocycles. The second-order valence-electron chi connectivity index (χ2n) is 5.54. The van der Waals surface area contributed by atoms with Crippen molar-refractivity contribution in [3.63, 3.8) is 0 Å². The number of hydrogen-bond acceptors (Lipinski definition) is 2. The smallest absolute Gasteiger partial charge is 0.418 e. The normalized spacial score (nSPS) is 13.4. The maximum absolute atomic E-state index is 10.7. The van der Waals surface area contributed by atoms with Gasteiger partial charge in [-0.3, -0.25) is 0 Å². The van der Waals surface area contributed by atoms with Crippen LogP contribution in [0.1, 0.15) is 49.0 Å². The highest BCUT2D eigenvalue weighted by atomic mass is 16.5. The van der Waals surface area contributed by atoms with Crippen molar-refractivity contribution in [1.29, 1.82) is 0 Å². The van der Waals surface area contributed by atoms with Crippen molar-refractivity contribution in [2.75, 3.05) is 0 Å². The van der Waals surface area contributed by atoms with Gasteiger partial charge in [0.1, 0.15) is 6.10 Å². The van der Waals surface area contributed by atoms with Gasteiger partial charge in [0.05, 0.1) is 0 Å². The van der Waals surface area contributed by atoms with E-state index in [0.717, 1.165) is 31.2 Å². The van der Waals surface area contributed by atoms with E-state index in [1.807, 2.05) is 0 Å². The highest BCUT2D eigenvalue weighted by molar-refractivity contribution is 5.78. The van der Waals surface area contributed by atoms with Crippen LogP contribution in [0.2, 0.25) is 0 Å². The fourth-order valence-corrected chi connectivity index (χ4v) is 3.21. The van der Waals surface area contributed by atoms with E-state index in [4.69, 9.17) is 4.74 Å². The zero-order chi connectivity index (χ0) is 14.7. The molecule has 1 unspecified atom stereocenters. The number of ether oxygens (including phenoxy) is 1. The molecule has 0 saturated heterocycles. The van der Waals surface area contributed by atoms with E-state index < -0.39 is 0 Å². The lowest BCUT2D eigenvalue weighted by molar-refractivity contribution is 0.166. The van der Waals surface area contributed by atoms with Crippen LogP contribution in [0.3, 0.4) is 0 Å². The van der Waals surface area contributed by atoms with E-state index in [1.165, 1.54) is 22.3 Å². The summed E-state index contributed by atoms with van der Waals surface area (Å²) in [5.74, 6) is 0. The average Bonchev–Trinajstić information content (AvgIpc) is 2.90. The van der Waals surface area contributed by atoms with Crippen LogP contribution in [0.25, 0.3) is 11.1 Å². The Morgan fingerprint density at radius 1 is 1.14 bits per heavy atom. The van der Waals surface area contributed by atoms with Gasteiger partial charge in [0, 0.05) is 0 Å². The molecule has 0 spiro atoms. The first-order valence-electron chi connectivity index (χ1n) is 7.58. The molecule has 107 valence electrons. The fourth-order valence-electron chi connectivity index (χ4n) is 3.21. The molecule has 2 aromatic rings. The highest BCUT2D eigenvalue weighted by Crippen LogP contribution is 2.41. The molecular formula is C19H19O2. The van der Waals surface area contributed by atoms with Crippen LogP contribution < -0.4 is 0 Å². The number of rotatable bonds is 6. The van der Waals surface area contributed by atoms with Crippen LogP contribution in [-0.4, -0.2) is 6.47 Å². The zero-order valence-electron chi connectivity index (χ0n) is 12.3. The predicted octanol–water partition coefficient (Wildman–Crippen LogP) is 4.57. The molecule has 0 aromatic heterocycles. The van der Waals surface area contributed by atoms with Crippen LogP contribution in [-0.2, 0) is 16.0 Å². The summed E-state index contributed by atoms with van der Waals surface area (Å²) in [6.07, 6.45) is 3.74. The Balaban J connectivity index is 2.00. The Bertz CT molecular complexity index is 646. The molecule has 2 heteroatoms. The Kier molecular flexibility index (Phi) is 4.05. The van der Waals surface area contributed by atoms with Crippen molar-refractivity contribution in [1.82, 2.24) is 0 Å². The predicted molar refractivity (Wildman–Crippen MR) is 83.7 cm³/mol. The SMILES string of the molecule is CCCCC(O[C]=O)c1cccc2c1Cc1ccccc1-2. The lowest BCUT2D eigenvalue weighted by Gasteiger charge is -2.18. The second-order valence-corrected chi connectivity index (χ2v) is 5.54. The number of unbranched alkanes of at least 4 members (excludes halogenated alkanes) is 1. The van der Waals surface area contributed by atoms with Gasteiger partial charge in [-0.1, -0.05) is 55.8 Å². The Labute approximate surface area is 125 Å². The molecule has 2 aromatic carbocycles. The summed E-state index contributed by atoms with van der Waals surface area (Å²) in [5, 5.41) is 0. The van der Waals surface area contributed by atoms with Gasteiger partial charge in [0.25, 0.3) is 0 Å². The molecular weight excluding hydrogens is 260 g/mol. The first-order valence-corrected chi connectivity index (χ1v) is 7.58. The summed E-state index contributed by atoms with van der Waals surface area (Å²) in [5.41, 5.74) is 6.37. The van der Waals surface area contributed by atoms with E-state index >= 15 is 0 Å². The van der Waals surface area contributed by atoms with Crippen LogP contribution in [0.4, 0.5) is 0 Å². The zero-order valence-corrected chi connectivity index (χ0v) is 12.3. The Morgan fingerprint density at radius 3 is 2.76 bits per heavy atom. The minimum atomic E-state index is -0.174. The van der Waals surface area contributed by atoms with Crippen LogP contribution in [0.15, 0.2) is 42.5 Å². The summed E-state index contributed by atoms with van der Waals surface area (Å²) in [4.78, 5) is 10.7. The van der Waals surface area contributed by atoms with Crippen LogP contribution >= 0.6 is 0 Å². The quantitative estimate of drug-likeness (QED) is 0.660. The topological polar surface area (TPSA) is 26.3 Å². The third kappa shape index (κ3) is 2.58. The molecule has 1 radical (unpaired) electrons. The molecule has 0 fully saturated rings. The number of hydrogen-bond donors (Lipinski definition) is 0. The summed E-state index contributed by atoms with van der Waals surface area (Å²) in [7, 11) is 0. The van der Waals surface area contributed by atoms with E-state index in [0.29, 0.717) is 0 Å². The number of benzene rings is 2. The van der Waals surface area contributed by atoms with E-state index in [2.05, 4.69) is 49.4 Å². The highest BCUT2D eigenvalue weighted by Gasteiger charge is 2.24. The molecule has 2 nitrogen and oxygen atoms in total. The van der Waals surface area contributed by atoms with Gasteiger partial charge in [-0.2, -0.15) is 0 Å². The van der Waals surface area contributed by atoms with E-state index in [-0.39, 0.29) is 6.10 Å². The Morgan fingerprint density at radius 2 is 1.95 bits per heavy atom. The summed E-state index contributed by atoms with van der Waals surface area (Å²) in [6, 6.07) is 14.8. The van der Waals surface area contributed by atoms with Gasteiger partial charge in [0.15, 0.2) is 0 Å². The molecule has 0 aliphatic heterocycles. The molecule has 1 atom stereocenters. The molecule has 0 heterocycles. The third-order valence-corrected chi connectivity index (χ3v) is 4.24. The third-order valence-electron chi connectivity index (χ3n) is 4.24. The van der Waals surface area contributed by atoms with E-state index in [1.54, 1.807) is 6.47 Å². The lowest BCUT2D eigenvalue weighted by Crippen LogP contribution is -2.06. The largest absolute Gasteiger partial charge is 0.449 e. The standard InChI is InChI=1S/C19H19O2/c1-2-3-11-19(21-13-20)17-10-6-9-16-15-8-5-4-7-14(15)12-18(16)17/h4-10,19H,2-3,11-12H2,1H3. The van der Waals surface area contributed by atoms with Crippen molar-refractivity contribution < 1.29 is 9.53 Å². The van der Waals surface area contributed by atoms with Gasteiger partial charge >= 0.3 is 6.47 Å². The molecule has 0 amide bonds.